The molecule has 1 amide bonds. The lowest BCUT2D eigenvalue weighted by molar-refractivity contribution is -0.122. The van der Waals surface area contributed by atoms with Crippen molar-refractivity contribution in [3.63, 3.8) is 0 Å². The first-order valence-corrected chi connectivity index (χ1v) is 5.77. The molecule has 3 nitrogen and oxygen atoms in total. The standard InChI is InChI=1S/C11H22N2O/c1-2-10(12)11(14)13-8-7-9-5-3-4-6-9/h9-10H,2-8,12H2,1H3,(H,13,14)/t10-/m1/s1. The van der Waals surface area contributed by atoms with Crippen molar-refractivity contribution in [2.75, 3.05) is 6.54 Å². The number of nitrogens with two attached hydrogens (primary N) is 1. The second-order valence-corrected chi connectivity index (χ2v) is 4.24. The van der Waals surface area contributed by atoms with Gasteiger partial charge in [-0.25, -0.2) is 0 Å². The van der Waals surface area contributed by atoms with Crippen LogP contribution < -0.4 is 11.1 Å². The van der Waals surface area contributed by atoms with E-state index in [1.54, 1.807) is 0 Å². The van der Waals surface area contributed by atoms with E-state index < -0.39 is 0 Å². The smallest absolute Gasteiger partial charge is 0.236 e. The fourth-order valence-electron chi connectivity index (χ4n) is 2.02. The molecule has 0 aromatic carbocycles. The number of rotatable bonds is 5. The average Bonchev–Trinajstić information content (AvgIpc) is 2.69. The van der Waals surface area contributed by atoms with Gasteiger partial charge in [0, 0.05) is 6.54 Å². The summed E-state index contributed by atoms with van der Waals surface area (Å²) in [6.45, 7) is 2.73. The Hall–Kier alpha value is -0.570. The Morgan fingerprint density at radius 2 is 2.14 bits per heavy atom. The fourth-order valence-corrected chi connectivity index (χ4v) is 2.02. The monoisotopic (exact) mass is 198 g/mol. The summed E-state index contributed by atoms with van der Waals surface area (Å²) in [6, 6.07) is -0.321. The van der Waals surface area contributed by atoms with Gasteiger partial charge in [0.2, 0.25) is 5.91 Å². The van der Waals surface area contributed by atoms with Crippen LogP contribution in [0.15, 0.2) is 0 Å². The van der Waals surface area contributed by atoms with Crippen LogP contribution in [-0.2, 0) is 4.79 Å². The molecule has 14 heavy (non-hydrogen) atoms. The highest BCUT2D eigenvalue weighted by molar-refractivity contribution is 5.81. The lowest BCUT2D eigenvalue weighted by Gasteiger charge is -2.12. The van der Waals surface area contributed by atoms with Crippen molar-refractivity contribution < 1.29 is 4.79 Å². The molecular weight excluding hydrogens is 176 g/mol. The first-order chi connectivity index (χ1) is 6.74. The van der Waals surface area contributed by atoms with Gasteiger partial charge in [-0.3, -0.25) is 4.79 Å². The zero-order valence-electron chi connectivity index (χ0n) is 9.09. The Bertz CT molecular complexity index is 176. The normalized spacial score (nSPS) is 19.6. The van der Waals surface area contributed by atoms with Crippen molar-refractivity contribution in [3.8, 4) is 0 Å². The minimum absolute atomic E-state index is 0.00509. The molecular formula is C11H22N2O. The van der Waals surface area contributed by atoms with Crippen molar-refractivity contribution in [2.24, 2.45) is 11.7 Å². The molecule has 1 aliphatic carbocycles. The number of hydrogen-bond donors (Lipinski definition) is 2. The first kappa shape index (κ1) is 11.5. The van der Waals surface area contributed by atoms with Crippen LogP contribution in [-0.4, -0.2) is 18.5 Å². The second-order valence-electron chi connectivity index (χ2n) is 4.24. The third-order valence-corrected chi connectivity index (χ3v) is 3.10. The minimum atomic E-state index is -0.321. The lowest BCUT2D eigenvalue weighted by atomic mass is 10.0. The summed E-state index contributed by atoms with van der Waals surface area (Å²) >= 11 is 0. The Labute approximate surface area is 86.4 Å². The van der Waals surface area contributed by atoms with Crippen LogP contribution in [0.2, 0.25) is 0 Å². The van der Waals surface area contributed by atoms with Gasteiger partial charge < -0.3 is 11.1 Å². The number of amides is 1. The highest BCUT2D eigenvalue weighted by atomic mass is 16.2. The molecule has 0 radical (unpaired) electrons. The molecule has 1 rings (SSSR count). The maximum absolute atomic E-state index is 11.3. The SMILES string of the molecule is CC[C@@H](N)C(=O)NCCC1CCCC1. The lowest BCUT2D eigenvalue weighted by Crippen LogP contribution is -2.40. The van der Waals surface area contributed by atoms with Gasteiger partial charge in [-0.1, -0.05) is 32.6 Å². The summed E-state index contributed by atoms with van der Waals surface area (Å²) in [5.41, 5.74) is 5.60. The highest BCUT2D eigenvalue weighted by Gasteiger charge is 2.15. The number of nitrogens with one attached hydrogen (secondary N) is 1. The molecule has 1 saturated carbocycles. The molecule has 0 aromatic heterocycles. The third kappa shape index (κ3) is 3.66. The molecule has 0 heterocycles. The van der Waals surface area contributed by atoms with Crippen LogP contribution in [0.25, 0.3) is 0 Å². The molecule has 3 heteroatoms. The molecule has 1 aliphatic rings. The summed E-state index contributed by atoms with van der Waals surface area (Å²) in [5.74, 6) is 0.846. The Morgan fingerprint density at radius 1 is 1.50 bits per heavy atom. The van der Waals surface area contributed by atoms with Crippen LogP contribution in [0.1, 0.15) is 45.4 Å². The number of carbonyl (C=O) groups excluding carboxylic acids is 1. The molecule has 0 aromatic rings. The van der Waals surface area contributed by atoms with E-state index in [-0.39, 0.29) is 11.9 Å². The van der Waals surface area contributed by atoms with E-state index in [0.29, 0.717) is 0 Å². The van der Waals surface area contributed by atoms with Crippen molar-refractivity contribution >= 4 is 5.91 Å². The largest absolute Gasteiger partial charge is 0.355 e. The average molecular weight is 198 g/mol. The molecule has 0 spiro atoms. The van der Waals surface area contributed by atoms with E-state index >= 15 is 0 Å². The van der Waals surface area contributed by atoms with Gasteiger partial charge in [-0.2, -0.15) is 0 Å². The van der Waals surface area contributed by atoms with E-state index in [0.717, 1.165) is 25.3 Å². The molecule has 1 atom stereocenters. The molecule has 3 N–H and O–H groups in total. The van der Waals surface area contributed by atoms with Gasteiger partial charge in [0.15, 0.2) is 0 Å². The number of carbonyl (C=O) groups is 1. The third-order valence-electron chi connectivity index (χ3n) is 3.10. The first-order valence-electron chi connectivity index (χ1n) is 5.77. The van der Waals surface area contributed by atoms with Crippen molar-refractivity contribution in [1.82, 2.24) is 5.32 Å². The topological polar surface area (TPSA) is 55.1 Å². The minimum Gasteiger partial charge on any atom is -0.355 e. The van der Waals surface area contributed by atoms with E-state index in [4.69, 9.17) is 5.73 Å². The van der Waals surface area contributed by atoms with Crippen LogP contribution >= 0.6 is 0 Å². The van der Waals surface area contributed by atoms with E-state index in [2.05, 4.69) is 5.32 Å². The zero-order chi connectivity index (χ0) is 10.4. The van der Waals surface area contributed by atoms with Crippen molar-refractivity contribution in [1.29, 1.82) is 0 Å². The molecule has 0 aliphatic heterocycles. The van der Waals surface area contributed by atoms with Crippen molar-refractivity contribution in [2.45, 2.75) is 51.5 Å². The summed E-state index contributed by atoms with van der Waals surface area (Å²) < 4.78 is 0. The highest BCUT2D eigenvalue weighted by Crippen LogP contribution is 2.26. The predicted octanol–water partition coefficient (Wildman–Crippen LogP) is 1.42. The summed E-state index contributed by atoms with van der Waals surface area (Å²) in [6.07, 6.45) is 7.27. The van der Waals surface area contributed by atoms with Gasteiger partial charge in [-0.05, 0) is 18.8 Å². The van der Waals surface area contributed by atoms with Crippen LogP contribution in [0, 0.1) is 5.92 Å². The van der Waals surface area contributed by atoms with Gasteiger partial charge >= 0.3 is 0 Å². The fraction of sp³-hybridized carbons (Fsp3) is 0.909. The molecule has 0 unspecified atom stereocenters. The Kier molecular flexibility index (Phi) is 4.94. The Morgan fingerprint density at radius 3 is 2.71 bits per heavy atom. The zero-order valence-corrected chi connectivity index (χ0v) is 9.09. The Balaban J connectivity index is 2.05. The van der Waals surface area contributed by atoms with Crippen LogP contribution in [0.3, 0.4) is 0 Å². The molecule has 1 fully saturated rings. The quantitative estimate of drug-likeness (QED) is 0.702. The molecule has 0 saturated heterocycles. The molecule has 82 valence electrons. The second kappa shape index (κ2) is 6.02. The number of hydrogen-bond acceptors (Lipinski definition) is 2. The maximum Gasteiger partial charge on any atom is 0.236 e. The molecule has 0 bridgehead atoms. The van der Waals surface area contributed by atoms with Gasteiger partial charge in [0.1, 0.15) is 0 Å². The van der Waals surface area contributed by atoms with E-state index in [1.165, 1.54) is 25.7 Å². The maximum atomic E-state index is 11.3. The van der Waals surface area contributed by atoms with Gasteiger partial charge in [0.05, 0.1) is 6.04 Å². The van der Waals surface area contributed by atoms with Crippen LogP contribution in [0.5, 0.6) is 0 Å². The van der Waals surface area contributed by atoms with E-state index in [1.807, 2.05) is 6.92 Å². The van der Waals surface area contributed by atoms with Gasteiger partial charge in [0.25, 0.3) is 0 Å². The van der Waals surface area contributed by atoms with Gasteiger partial charge in [-0.15, -0.1) is 0 Å². The summed E-state index contributed by atoms with van der Waals surface area (Å²) in [4.78, 5) is 11.3. The van der Waals surface area contributed by atoms with Crippen LogP contribution in [0.4, 0.5) is 0 Å². The summed E-state index contributed by atoms with van der Waals surface area (Å²) in [5, 5.41) is 2.90. The summed E-state index contributed by atoms with van der Waals surface area (Å²) in [7, 11) is 0. The van der Waals surface area contributed by atoms with E-state index in [9.17, 15) is 4.79 Å². The van der Waals surface area contributed by atoms with Crippen molar-refractivity contribution in [3.05, 3.63) is 0 Å². The predicted molar refractivity (Wildman–Crippen MR) is 57.9 cm³/mol.